The lowest BCUT2D eigenvalue weighted by Crippen LogP contribution is -2.05. The zero-order chi connectivity index (χ0) is 11.1. The van der Waals surface area contributed by atoms with Gasteiger partial charge >= 0.3 is 0 Å². The minimum atomic E-state index is -0.377. The van der Waals surface area contributed by atoms with Crippen LogP contribution in [0.25, 0.3) is 0 Å². The van der Waals surface area contributed by atoms with Crippen molar-refractivity contribution in [2.45, 2.75) is 6.42 Å². The smallest absolute Gasteiger partial charge is 0.166 e. The van der Waals surface area contributed by atoms with Crippen LogP contribution in [-0.4, -0.2) is 20.7 Å². The Morgan fingerprint density at radius 1 is 1.47 bits per heavy atom. The largest absolute Gasteiger partial charge is 0.494 e. The van der Waals surface area contributed by atoms with Gasteiger partial charge in [-0.1, -0.05) is 11.8 Å². The zero-order valence-electron chi connectivity index (χ0n) is 8.93. The Bertz CT molecular complexity index is 379. The third kappa shape index (κ3) is 3.61. The maximum Gasteiger partial charge on any atom is 0.166 e. The summed E-state index contributed by atoms with van der Waals surface area (Å²) in [5, 5.41) is 2.99. The molecule has 0 aliphatic carbocycles. The van der Waals surface area contributed by atoms with Crippen molar-refractivity contribution >= 4 is 0 Å². The quantitative estimate of drug-likeness (QED) is 0.602. The maximum absolute atomic E-state index is 13.2. The van der Waals surface area contributed by atoms with Crippen molar-refractivity contribution in [1.29, 1.82) is 0 Å². The summed E-state index contributed by atoms with van der Waals surface area (Å²) in [4.78, 5) is 0. The first kappa shape index (κ1) is 11.5. The van der Waals surface area contributed by atoms with E-state index in [1.165, 1.54) is 13.2 Å². The molecule has 0 heterocycles. The molecule has 0 saturated carbocycles. The number of halogens is 1. The van der Waals surface area contributed by atoms with Crippen molar-refractivity contribution in [3.05, 3.63) is 29.6 Å². The van der Waals surface area contributed by atoms with E-state index in [4.69, 9.17) is 4.74 Å². The number of rotatable bonds is 3. The SMILES string of the molecule is CNCCC#Cc1ccc(OC)c(F)c1. The average Bonchev–Trinajstić information content (AvgIpc) is 2.25. The van der Waals surface area contributed by atoms with Crippen LogP contribution < -0.4 is 10.1 Å². The molecule has 0 aliphatic heterocycles. The minimum absolute atomic E-state index is 0.246. The van der Waals surface area contributed by atoms with Crippen molar-refractivity contribution < 1.29 is 9.13 Å². The van der Waals surface area contributed by atoms with Gasteiger partial charge in [-0.15, -0.1) is 0 Å². The summed E-state index contributed by atoms with van der Waals surface area (Å²) in [6.07, 6.45) is 0.754. The van der Waals surface area contributed by atoms with E-state index in [0.717, 1.165) is 13.0 Å². The Hall–Kier alpha value is -1.53. The van der Waals surface area contributed by atoms with Crippen LogP contribution in [0.15, 0.2) is 18.2 Å². The predicted octanol–water partition coefficient (Wildman–Crippen LogP) is 1.80. The molecular formula is C12H14FNO. The van der Waals surface area contributed by atoms with E-state index in [9.17, 15) is 4.39 Å². The van der Waals surface area contributed by atoms with E-state index in [2.05, 4.69) is 17.2 Å². The van der Waals surface area contributed by atoms with Gasteiger partial charge in [0.2, 0.25) is 0 Å². The normalized spacial score (nSPS) is 9.27. The molecule has 80 valence electrons. The molecule has 1 rings (SSSR count). The second kappa shape index (κ2) is 6.05. The van der Waals surface area contributed by atoms with E-state index in [-0.39, 0.29) is 11.6 Å². The highest BCUT2D eigenvalue weighted by atomic mass is 19.1. The number of hydrogen-bond donors (Lipinski definition) is 1. The van der Waals surface area contributed by atoms with Gasteiger partial charge in [0, 0.05) is 18.5 Å². The van der Waals surface area contributed by atoms with Gasteiger partial charge in [0.1, 0.15) is 0 Å². The van der Waals surface area contributed by atoms with E-state index >= 15 is 0 Å². The highest BCUT2D eigenvalue weighted by Gasteiger charge is 2.00. The van der Waals surface area contributed by atoms with Gasteiger partial charge in [-0.25, -0.2) is 4.39 Å². The lowest BCUT2D eigenvalue weighted by Gasteiger charge is -2.00. The Kier molecular flexibility index (Phi) is 4.65. The van der Waals surface area contributed by atoms with Gasteiger partial charge < -0.3 is 10.1 Å². The molecule has 0 atom stereocenters. The second-order valence-electron chi connectivity index (χ2n) is 3.00. The van der Waals surface area contributed by atoms with Crippen LogP contribution in [0.5, 0.6) is 5.75 Å². The number of nitrogens with one attached hydrogen (secondary N) is 1. The molecule has 15 heavy (non-hydrogen) atoms. The number of ether oxygens (including phenoxy) is 1. The van der Waals surface area contributed by atoms with Crippen molar-refractivity contribution in [3.8, 4) is 17.6 Å². The molecular weight excluding hydrogens is 193 g/mol. The molecule has 0 aromatic heterocycles. The van der Waals surface area contributed by atoms with Crippen molar-refractivity contribution in [2.75, 3.05) is 20.7 Å². The molecule has 0 bridgehead atoms. The fourth-order valence-electron chi connectivity index (χ4n) is 1.10. The van der Waals surface area contributed by atoms with Crippen molar-refractivity contribution in [1.82, 2.24) is 5.32 Å². The zero-order valence-corrected chi connectivity index (χ0v) is 8.93. The molecule has 0 saturated heterocycles. The summed E-state index contributed by atoms with van der Waals surface area (Å²) in [5.41, 5.74) is 0.671. The molecule has 2 nitrogen and oxygen atoms in total. The standard InChI is InChI=1S/C12H14FNO/c1-14-8-4-3-5-10-6-7-12(15-2)11(13)9-10/h6-7,9,14H,4,8H2,1-2H3. The summed E-state index contributed by atoms with van der Waals surface area (Å²) < 4.78 is 18.0. The van der Waals surface area contributed by atoms with Crippen LogP contribution in [-0.2, 0) is 0 Å². The molecule has 0 aliphatic rings. The second-order valence-corrected chi connectivity index (χ2v) is 3.00. The summed E-state index contributed by atoms with van der Waals surface area (Å²) >= 11 is 0. The van der Waals surface area contributed by atoms with Crippen LogP contribution in [0.3, 0.4) is 0 Å². The summed E-state index contributed by atoms with van der Waals surface area (Å²) in [7, 11) is 3.31. The van der Waals surface area contributed by atoms with Crippen LogP contribution in [0.4, 0.5) is 4.39 Å². The molecule has 0 radical (unpaired) electrons. The highest BCUT2D eigenvalue weighted by Crippen LogP contribution is 2.16. The van der Waals surface area contributed by atoms with Gasteiger partial charge in [-0.2, -0.15) is 0 Å². The average molecular weight is 207 g/mol. The van der Waals surface area contributed by atoms with E-state index in [1.807, 2.05) is 7.05 Å². The molecule has 1 N–H and O–H groups in total. The highest BCUT2D eigenvalue weighted by molar-refractivity contribution is 5.39. The first-order chi connectivity index (χ1) is 7.27. The summed E-state index contributed by atoms with van der Waals surface area (Å²) in [6.45, 7) is 0.839. The minimum Gasteiger partial charge on any atom is -0.494 e. The topological polar surface area (TPSA) is 21.3 Å². The first-order valence-corrected chi connectivity index (χ1v) is 4.75. The van der Waals surface area contributed by atoms with E-state index < -0.39 is 0 Å². The monoisotopic (exact) mass is 207 g/mol. The predicted molar refractivity (Wildman–Crippen MR) is 58.4 cm³/mol. The summed E-state index contributed by atoms with van der Waals surface area (Å²) in [5.74, 6) is 5.70. The van der Waals surface area contributed by atoms with Crippen molar-refractivity contribution in [3.63, 3.8) is 0 Å². The lowest BCUT2D eigenvalue weighted by molar-refractivity contribution is 0.386. The maximum atomic E-state index is 13.2. The first-order valence-electron chi connectivity index (χ1n) is 4.75. The molecule has 1 aromatic carbocycles. The Labute approximate surface area is 89.4 Å². The van der Waals surface area contributed by atoms with E-state index in [1.54, 1.807) is 12.1 Å². The molecule has 1 aromatic rings. The van der Waals surface area contributed by atoms with E-state index in [0.29, 0.717) is 5.56 Å². The molecule has 0 spiro atoms. The fraction of sp³-hybridized carbons (Fsp3) is 0.333. The van der Waals surface area contributed by atoms with Crippen LogP contribution in [0.2, 0.25) is 0 Å². The summed E-state index contributed by atoms with van der Waals surface area (Å²) in [6, 6.07) is 4.71. The molecule has 0 fully saturated rings. The Balaban J connectivity index is 2.69. The van der Waals surface area contributed by atoms with Gasteiger partial charge in [0.05, 0.1) is 7.11 Å². The van der Waals surface area contributed by atoms with Crippen LogP contribution >= 0.6 is 0 Å². The number of methoxy groups -OCH3 is 1. The Morgan fingerprint density at radius 2 is 2.27 bits per heavy atom. The number of hydrogen-bond acceptors (Lipinski definition) is 2. The van der Waals surface area contributed by atoms with Gasteiger partial charge in [0.25, 0.3) is 0 Å². The Morgan fingerprint density at radius 3 is 2.87 bits per heavy atom. The van der Waals surface area contributed by atoms with Crippen molar-refractivity contribution in [2.24, 2.45) is 0 Å². The van der Waals surface area contributed by atoms with Gasteiger partial charge in [-0.3, -0.25) is 0 Å². The molecule has 0 amide bonds. The number of benzene rings is 1. The molecule has 0 unspecified atom stereocenters. The van der Waals surface area contributed by atoms with Gasteiger partial charge in [-0.05, 0) is 25.2 Å². The fourth-order valence-corrected chi connectivity index (χ4v) is 1.10. The molecule has 3 heteroatoms. The third-order valence-electron chi connectivity index (χ3n) is 1.88. The van der Waals surface area contributed by atoms with Crippen LogP contribution in [0.1, 0.15) is 12.0 Å². The third-order valence-corrected chi connectivity index (χ3v) is 1.88. The lowest BCUT2D eigenvalue weighted by atomic mass is 10.2. The van der Waals surface area contributed by atoms with Gasteiger partial charge in [0.15, 0.2) is 11.6 Å². The van der Waals surface area contributed by atoms with Crippen LogP contribution in [0, 0.1) is 17.7 Å².